The standard InChI is InChI=1S/C10H9OS/c1-3-6-9(4-2)11-10-7-5-8-12-10/h1,5-8H,2,4H2. The van der Waals surface area contributed by atoms with Crippen LogP contribution in [0.3, 0.4) is 0 Å². The second-order valence-corrected chi connectivity index (χ2v) is 2.97. The van der Waals surface area contributed by atoms with Gasteiger partial charge in [-0.1, -0.05) is 5.92 Å². The van der Waals surface area contributed by atoms with E-state index in [1.54, 1.807) is 6.08 Å². The van der Waals surface area contributed by atoms with Crippen molar-refractivity contribution in [3.8, 4) is 17.4 Å². The molecule has 0 spiro atoms. The highest BCUT2D eigenvalue weighted by Crippen LogP contribution is 2.21. The molecule has 61 valence electrons. The summed E-state index contributed by atoms with van der Waals surface area (Å²) in [6, 6.07) is 3.82. The van der Waals surface area contributed by atoms with E-state index in [1.807, 2.05) is 17.5 Å². The maximum absolute atomic E-state index is 5.42. The molecule has 0 bridgehead atoms. The fourth-order valence-corrected chi connectivity index (χ4v) is 1.30. The summed E-state index contributed by atoms with van der Waals surface area (Å²) in [6.07, 6.45) is 7.26. The van der Waals surface area contributed by atoms with Crippen LogP contribution in [0.5, 0.6) is 5.06 Å². The van der Waals surface area contributed by atoms with Gasteiger partial charge in [-0.3, -0.25) is 0 Å². The van der Waals surface area contributed by atoms with Gasteiger partial charge in [0.2, 0.25) is 0 Å². The summed E-state index contributed by atoms with van der Waals surface area (Å²) in [4.78, 5) is 0. The van der Waals surface area contributed by atoms with Gasteiger partial charge in [0.1, 0.15) is 5.76 Å². The topological polar surface area (TPSA) is 9.23 Å². The Labute approximate surface area is 76.7 Å². The third kappa shape index (κ3) is 2.44. The van der Waals surface area contributed by atoms with Crippen molar-refractivity contribution in [3.63, 3.8) is 0 Å². The normalized spacial score (nSPS) is 10.8. The maximum atomic E-state index is 5.42. The van der Waals surface area contributed by atoms with Gasteiger partial charge in [0.25, 0.3) is 0 Å². The van der Waals surface area contributed by atoms with Crippen molar-refractivity contribution >= 4 is 11.3 Å². The number of ether oxygens (including phenoxy) is 1. The fraction of sp³-hybridized carbons (Fsp3) is 0.100. The number of thiophene rings is 1. The van der Waals surface area contributed by atoms with Crippen molar-refractivity contribution in [3.05, 3.63) is 36.3 Å². The van der Waals surface area contributed by atoms with E-state index in [4.69, 9.17) is 11.2 Å². The summed E-state index contributed by atoms with van der Waals surface area (Å²) in [5.74, 6) is 3.13. The second-order valence-electron chi connectivity index (χ2n) is 2.06. The predicted octanol–water partition coefficient (Wildman–Crippen LogP) is 2.87. The van der Waals surface area contributed by atoms with Crippen LogP contribution in [-0.2, 0) is 0 Å². The first-order valence-electron chi connectivity index (χ1n) is 3.52. The summed E-state index contributed by atoms with van der Waals surface area (Å²) in [7, 11) is 0. The Bertz CT molecular complexity index is 290. The first kappa shape index (κ1) is 8.89. The van der Waals surface area contributed by atoms with Crippen LogP contribution in [0, 0.1) is 19.3 Å². The van der Waals surface area contributed by atoms with E-state index in [0.717, 1.165) is 10.8 Å². The minimum Gasteiger partial charge on any atom is -0.450 e. The number of terminal acetylenes is 1. The highest BCUT2D eigenvalue weighted by molar-refractivity contribution is 7.11. The Morgan fingerprint density at radius 1 is 1.83 bits per heavy atom. The summed E-state index contributed by atoms with van der Waals surface area (Å²) in [5.41, 5.74) is 0. The molecular weight excluding hydrogens is 168 g/mol. The molecule has 0 aliphatic carbocycles. The largest absolute Gasteiger partial charge is 0.450 e. The molecule has 0 saturated carbocycles. The summed E-state index contributed by atoms with van der Waals surface area (Å²) in [6.45, 7) is 3.70. The van der Waals surface area contributed by atoms with Crippen LogP contribution >= 0.6 is 11.3 Å². The van der Waals surface area contributed by atoms with Crippen LogP contribution in [0.1, 0.15) is 6.42 Å². The van der Waals surface area contributed by atoms with E-state index >= 15 is 0 Å². The highest BCUT2D eigenvalue weighted by Gasteiger charge is 1.97. The van der Waals surface area contributed by atoms with Crippen LogP contribution in [0.15, 0.2) is 29.3 Å². The summed E-state index contributed by atoms with van der Waals surface area (Å²) >= 11 is 1.53. The van der Waals surface area contributed by atoms with Gasteiger partial charge in [0, 0.05) is 12.5 Å². The molecule has 1 radical (unpaired) electrons. The molecule has 0 aliphatic heterocycles. The smallest absolute Gasteiger partial charge is 0.180 e. The molecular formula is C10H9OS. The van der Waals surface area contributed by atoms with Gasteiger partial charge in [-0.25, -0.2) is 0 Å². The van der Waals surface area contributed by atoms with Crippen LogP contribution in [0.2, 0.25) is 0 Å². The molecule has 0 atom stereocenters. The van der Waals surface area contributed by atoms with Gasteiger partial charge in [-0.05, 0) is 24.4 Å². The van der Waals surface area contributed by atoms with E-state index in [9.17, 15) is 0 Å². The number of allylic oxidation sites excluding steroid dienone is 2. The van der Waals surface area contributed by atoms with E-state index in [-0.39, 0.29) is 0 Å². The Kier molecular flexibility index (Phi) is 3.43. The average molecular weight is 177 g/mol. The van der Waals surface area contributed by atoms with Crippen LogP contribution in [0.25, 0.3) is 0 Å². The SMILES string of the molecule is C#CC=C(C[CH2])Oc1cccs1. The van der Waals surface area contributed by atoms with Crippen molar-refractivity contribution in [1.29, 1.82) is 0 Å². The monoisotopic (exact) mass is 177 g/mol. The van der Waals surface area contributed by atoms with Gasteiger partial charge in [-0.15, -0.1) is 17.8 Å². The number of rotatable bonds is 3. The van der Waals surface area contributed by atoms with Crippen LogP contribution in [-0.4, -0.2) is 0 Å². The Morgan fingerprint density at radius 2 is 2.67 bits per heavy atom. The van der Waals surface area contributed by atoms with Gasteiger partial charge >= 0.3 is 0 Å². The summed E-state index contributed by atoms with van der Waals surface area (Å²) in [5, 5.41) is 2.80. The average Bonchev–Trinajstić information content (AvgIpc) is 2.56. The van der Waals surface area contributed by atoms with Crippen molar-refractivity contribution < 1.29 is 4.74 Å². The van der Waals surface area contributed by atoms with Crippen LogP contribution < -0.4 is 4.74 Å². The first-order chi connectivity index (χ1) is 5.86. The zero-order valence-electron chi connectivity index (χ0n) is 6.62. The van der Waals surface area contributed by atoms with E-state index in [0.29, 0.717) is 6.42 Å². The summed E-state index contributed by atoms with van der Waals surface area (Å²) < 4.78 is 5.42. The molecule has 0 unspecified atom stereocenters. The molecule has 0 saturated heterocycles. The van der Waals surface area contributed by atoms with Gasteiger partial charge in [-0.2, -0.15) is 0 Å². The molecule has 0 aromatic carbocycles. The lowest BCUT2D eigenvalue weighted by molar-refractivity contribution is 0.427. The van der Waals surface area contributed by atoms with Crippen molar-refractivity contribution in [1.82, 2.24) is 0 Å². The lowest BCUT2D eigenvalue weighted by atomic mass is 10.3. The molecule has 0 amide bonds. The molecule has 1 nitrogen and oxygen atoms in total. The Balaban J connectivity index is 2.62. The van der Waals surface area contributed by atoms with E-state index in [1.165, 1.54) is 11.3 Å². The van der Waals surface area contributed by atoms with E-state index < -0.39 is 0 Å². The van der Waals surface area contributed by atoms with Crippen LogP contribution in [0.4, 0.5) is 0 Å². The van der Waals surface area contributed by atoms with Crippen molar-refractivity contribution in [2.75, 3.05) is 0 Å². The Morgan fingerprint density at radius 3 is 3.17 bits per heavy atom. The van der Waals surface area contributed by atoms with Crippen molar-refractivity contribution in [2.24, 2.45) is 0 Å². The molecule has 1 aromatic rings. The molecule has 0 N–H and O–H groups in total. The quantitative estimate of drug-likeness (QED) is 0.509. The van der Waals surface area contributed by atoms with E-state index in [2.05, 4.69) is 12.8 Å². The molecule has 1 heterocycles. The molecule has 0 aliphatic rings. The molecule has 2 heteroatoms. The van der Waals surface area contributed by atoms with Gasteiger partial charge in [0.05, 0.1) is 0 Å². The minimum atomic E-state index is 0.572. The third-order valence-electron chi connectivity index (χ3n) is 1.22. The zero-order valence-corrected chi connectivity index (χ0v) is 7.43. The Hall–Kier alpha value is -1.20. The lowest BCUT2D eigenvalue weighted by Gasteiger charge is -2.02. The predicted molar refractivity (Wildman–Crippen MR) is 51.8 cm³/mol. The first-order valence-corrected chi connectivity index (χ1v) is 4.40. The number of hydrogen-bond donors (Lipinski definition) is 0. The van der Waals surface area contributed by atoms with Crippen molar-refractivity contribution in [2.45, 2.75) is 6.42 Å². The molecule has 1 aromatic heterocycles. The molecule has 0 fully saturated rings. The minimum absolute atomic E-state index is 0.572. The third-order valence-corrected chi connectivity index (χ3v) is 1.96. The highest BCUT2D eigenvalue weighted by atomic mass is 32.1. The molecule has 12 heavy (non-hydrogen) atoms. The zero-order chi connectivity index (χ0) is 8.81. The molecule has 1 rings (SSSR count). The fourth-order valence-electron chi connectivity index (χ4n) is 0.696. The van der Waals surface area contributed by atoms with Gasteiger partial charge in [0.15, 0.2) is 5.06 Å². The number of hydrogen-bond acceptors (Lipinski definition) is 2. The second kappa shape index (κ2) is 4.63. The van der Waals surface area contributed by atoms with Gasteiger partial charge < -0.3 is 4.74 Å². The maximum Gasteiger partial charge on any atom is 0.180 e. The lowest BCUT2D eigenvalue weighted by Crippen LogP contribution is -1.90.